The standard InChI is InChI=1S/C22H20F2N6O/c1-13-18-9-16(24)2-3-17(18)22-26-5-7-29(22)12-15-11-28-30(6-4-23)20(15)14-8-19(31-13)21(25)27-10-14/h2-3,5,7-11,13H,4,6,12H2,1H3,(H2,25,27). The Bertz CT molecular complexity index is 1260. The molecule has 7 nitrogen and oxygen atoms in total. The molecule has 158 valence electrons. The van der Waals surface area contributed by atoms with E-state index in [2.05, 4.69) is 15.1 Å². The summed E-state index contributed by atoms with van der Waals surface area (Å²) in [6.07, 6.45) is 6.36. The van der Waals surface area contributed by atoms with Crippen molar-refractivity contribution in [2.75, 3.05) is 12.4 Å². The molecule has 0 saturated carbocycles. The van der Waals surface area contributed by atoms with Crippen LogP contribution in [-0.2, 0) is 13.1 Å². The van der Waals surface area contributed by atoms with E-state index < -0.39 is 12.8 Å². The number of alkyl halides is 1. The summed E-state index contributed by atoms with van der Waals surface area (Å²) in [6.45, 7) is 1.84. The maximum Gasteiger partial charge on any atom is 0.166 e. The smallest absolute Gasteiger partial charge is 0.166 e. The van der Waals surface area contributed by atoms with Crippen LogP contribution in [-0.4, -0.2) is 31.0 Å². The summed E-state index contributed by atoms with van der Waals surface area (Å²) in [5.41, 5.74) is 9.77. The number of nitrogens with two attached hydrogens (primary N) is 1. The van der Waals surface area contributed by atoms with Gasteiger partial charge in [0, 0.05) is 40.8 Å². The van der Waals surface area contributed by atoms with E-state index in [1.807, 2.05) is 17.7 Å². The van der Waals surface area contributed by atoms with E-state index in [4.69, 9.17) is 10.5 Å². The van der Waals surface area contributed by atoms with Crippen molar-refractivity contribution in [1.82, 2.24) is 24.3 Å². The van der Waals surface area contributed by atoms with Crippen molar-refractivity contribution in [3.8, 4) is 28.4 Å². The molecule has 1 aromatic carbocycles. The lowest BCUT2D eigenvalue weighted by molar-refractivity contribution is 0.227. The molecule has 1 aliphatic heterocycles. The van der Waals surface area contributed by atoms with Crippen molar-refractivity contribution in [2.45, 2.75) is 26.1 Å². The van der Waals surface area contributed by atoms with Gasteiger partial charge in [-0.15, -0.1) is 0 Å². The van der Waals surface area contributed by atoms with E-state index in [9.17, 15) is 8.78 Å². The lowest BCUT2D eigenvalue weighted by Crippen LogP contribution is -2.12. The number of hydrogen-bond acceptors (Lipinski definition) is 5. The van der Waals surface area contributed by atoms with Crippen molar-refractivity contribution in [1.29, 1.82) is 0 Å². The van der Waals surface area contributed by atoms with Crippen LogP contribution in [0.15, 0.2) is 49.1 Å². The number of rotatable bonds is 2. The number of nitrogens with zero attached hydrogens (tertiary/aromatic N) is 5. The zero-order valence-electron chi connectivity index (χ0n) is 16.8. The first kappa shape index (κ1) is 19.2. The molecule has 0 spiro atoms. The number of aryl methyl sites for hydroxylation is 1. The van der Waals surface area contributed by atoms with Crippen molar-refractivity contribution in [3.05, 3.63) is 66.0 Å². The summed E-state index contributed by atoms with van der Waals surface area (Å²) in [4.78, 5) is 8.79. The third-order valence-electron chi connectivity index (χ3n) is 5.42. The topological polar surface area (TPSA) is 83.8 Å². The van der Waals surface area contributed by atoms with Gasteiger partial charge in [-0.05, 0) is 31.2 Å². The number of aromatic nitrogens is 5. The number of ether oxygens (including phenoxy) is 1. The van der Waals surface area contributed by atoms with E-state index >= 15 is 0 Å². The molecule has 9 heteroatoms. The number of nitrogen functional groups attached to an aromatic ring is 1. The summed E-state index contributed by atoms with van der Waals surface area (Å²) in [5.74, 6) is 0.882. The molecule has 31 heavy (non-hydrogen) atoms. The van der Waals surface area contributed by atoms with Gasteiger partial charge in [-0.1, -0.05) is 0 Å². The van der Waals surface area contributed by atoms with Gasteiger partial charge < -0.3 is 15.0 Å². The van der Waals surface area contributed by atoms with Gasteiger partial charge >= 0.3 is 0 Å². The van der Waals surface area contributed by atoms with E-state index in [0.29, 0.717) is 29.2 Å². The van der Waals surface area contributed by atoms with Crippen LogP contribution in [0.25, 0.3) is 22.6 Å². The van der Waals surface area contributed by atoms with Crippen LogP contribution in [0.1, 0.15) is 24.2 Å². The van der Waals surface area contributed by atoms with Gasteiger partial charge in [-0.3, -0.25) is 4.68 Å². The Labute approximate surface area is 177 Å². The minimum atomic E-state index is -0.549. The number of fused-ring (bicyclic) bond motifs is 7. The molecule has 1 unspecified atom stereocenters. The lowest BCUT2D eigenvalue weighted by atomic mass is 10.0. The minimum Gasteiger partial charge on any atom is -0.482 e. The third kappa shape index (κ3) is 3.31. The van der Waals surface area contributed by atoms with Crippen LogP contribution in [0.4, 0.5) is 14.6 Å². The van der Waals surface area contributed by atoms with Gasteiger partial charge in [0.15, 0.2) is 11.6 Å². The fourth-order valence-corrected chi connectivity index (χ4v) is 3.99. The predicted molar refractivity (Wildman–Crippen MR) is 112 cm³/mol. The SMILES string of the molecule is CC1Oc2cc(cnc2N)-c2c(cnn2CCF)Cn2ccnc2-c2ccc(F)cc21. The number of benzene rings is 1. The molecule has 0 aliphatic carbocycles. The summed E-state index contributed by atoms with van der Waals surface area (Å²) in [7, 11) is 0. The molecule has 3 aromatic heterocycles. The molecule has 0 radical (unpaired) electrons. The first-order valence-corrected chi connectivity index (χ1v) is 9.89. The summed E-state index contributed by atoms with van der Waals surface area (Å²) < 4.78 is 37.0. The Morgan fingerprint density at radius 2 is 2.10 bits per heavy atom. The molecule has 5 rings (SSSR count). The van der Waals surface area contributed by atoms with Crippen LogP contribution in [0, 0.1) is 5.82 Å². The molecular formula is C22H20F2N6O. The number of pyridine rings is 1. The molecule has 0 amide bonds. The summed E-state index contributed by atoms with van der Waals surface area (Å²) >= 11 is 0. The molecule has 1 aliphatic rings. The minimum absolute atomic E-state index is 0.116. The Kier molecular flexibility index (Phi) is 4.65. The van der Waals surface area contributed by atoms with Crippen molar-refractivity contribution in [2.24, 2.45) is 0 Å². The largest absolute Gasteiger partial charge is 0.482 e. The Hall–Kier alpha value is -3.75. The highest BCUT2D eigenvalue weighted by atomic mass is 19.1. The second kappa shape index (κ2) is 7.50. The second-order valence-electron chi connectivity index (χ2n) is 7.41. The second-order valence-corrected chi connectivity index (χ2v) is 7.41. The van der Waals surface area contributed by atoms with Crippen LogP contribution in [0.2, 0.25) is 0 Å². The van der Waals surface area contributed by atoms with E-state index in [1.54, 1.807) is 35.4 Å². The Morgan fingerprint density at radius 1 is 1.23 bits per heavy atom. The van der Waals surface area contributed by atoms with Gasteiger partial charge in [0.1, 0.15) is 24.4 Å². The third-order valence-corrected chi connectivity index (χ3v) is 5.42. The van der Waals surface area contributed by atoms with Crippen LogP contribution < -0.4 is 10.5 Å². The quantitative estimate of drug-likeness (QED) is 0.528. The van der Waals surface area contributed by atoms with Gasteiger partial charge in [0.25, 0.3) is 0 Å². The Balaban J connectivity index is 1.77. The van der Waals surface area contributed by atoms with Crippen LogP contribution in [0.3, 0.4) is 0 Å². The van der Waals surface area contributed by atoms with Gasteiger partial charge in [0.05, 0.1) is 25.0 Å². The zero-order valence-corrected chi connectivity index (χ0v) is 16.8. The molecule has 2 N–H and O–H groups in total. The molecule has 4 heterocycles. The van der Waals surface area contributed by atoms with Crippen molar-refractivity contribution < 1.29 is 13.5 Å². The van der Waals surface area contributed by atoms with E-state index in [-0.39, 0.29) is 18.2 Å². The zero-order chi connectivity index (χ0) is 21.5. The highest BCUT2D eigenvalue weighted by Gasteiger charge is 2.23. The molecule has 2 bridgehead atoms. The lowest BCUT2D eigenvalue weighted by Gasteiger charge is -2.21. The number of imidazole rings is 1. The number of hydrogen-bond donors (Lipinski definition) is 1. The first-order valence-electron chi connectivity index (χ1n) is 9.89. The van der Waals surface area contributed by atoms with Crippen molar-refractivity contribution >= 4 is 5.82 Å². The fraction of sp³-hybridized carbons (Fsp3) is 0.227. The molecule has 0 saturated heterocycles. The molecule has 0 fully saturated rings. The predicted octanol–water partition coefficient (Wildman–Crippen LogP) is 4.00. The number of halogens is 2. The highest BCUT2D eigenvalue weighted by Crippen LogP contribution is 2.36. The average Bonchev–Trinajstić information content (AvgIpc) is 3.37. The number of anilines is 1. The molecular weight excluding hydrogens is 402 g/mol. The van der Waals surface area contributed by atoms with E-state index in [1.165, 1.54) is 12.1 Å². The van der Waals surface area contributed by atoms with Crippen LogP contribution in [0.5, 0.6) is 5.75 Å². The van der Waals surface area contributed by atoms with Gasteiger partial charge in [-0.2, -0.15) is 5.10 Å². The van der Waals surface area contributed by atoms with Gasteiger partial charge in [0.2, 0.25) is 0 Å². The first-order chi connectivity index (χ1) is 15.0. The Morgan fingerprint density at radius 3 is 2.94 bits per heavy atom. The average molecular weight is 422 g/mol. The monoisotopic (exact) mass is 422 g/mol. The molecule has 4 aromatic rings. The summed E-state index contributed by atoms with van der Waals surface area (Å²) in [5, 5.41) is 4.38. The maximum atomic E-state index is 14.1. The normalized spacial score (nSPS) is 15.1. The summed E-state index contributed by atoms with van der Waals surface area (Å²) in [6, 6.07) is 6.31. The maximum absolute atomic E-state index is 14.1. The van der Waals surface area contributed by atoms with Crippen LogP contribution >= 0.6 is 0 Å². The van der Waals surface area contributed by atoms with E-state index in [0.717, 1.165) is 16.8 Å². The van der Waals surface area contributed by atoms with Crippen molar-refractivity contribution in [3.63, 3.8) is 0 Å². The highest BCUT2D eigenvalue weighted by molar-refractivity contribution is 5.68. The van der Waals surface area contributed by atoms with Gasteiger partial charge in [-0.25, -0.2) is 18.7 Å². The fourth-order valence-electron chi connectivity index (χ4n) is 3.99. The molecule has 1 atom stereocenters.